The second kappa shape index (κ2) is 7.10. The number of hydrogen-bond donors (Lipinski definition) is 1. The van der Waals surface area contributed by atoms with Gasteiger partial charge < -0.3 is 10.6 Å². The van der Waals surface area contributed by atoms with E-state index in [9.17, 15) is 0 Å². The molecule has 0 amide bonds. The van der Waals surface area contributed by atoms with E-state index in [0.717, 1.165) is 23.2 Å². The topological polar surface area (TPSA) is 53.0 Å². The summed E-state index contributed by atoms with van der Waals surface area (Å²) in [6.45, 7) is 3.87. The molecule has 0 heterocycles. The first-order chi connectivity index (χ1) is 9.69. The van der Waals surface area contributed by atoms with Gasteiger partial charge in [-0.25, -0.2) is 0 Å². The quantitative estimate of drug-likeness (QED) is 0.913. The maximum Gasteiger partial charge on any atom is 0.0992 e. The molecule has 2 rings (SSSR count). The van der Waals surface area contributed by atoms with Gasteiger partial charge in [0.15, 0.2) is 0 Å². The molecule has 2 N–H and O–H groups in total. The zero-order valence-corrected chi connectivity index (χ0v) is 13.6. The van der Waals surface area contributed by atoms with Crippen molar-refractivity contribution in [2.24, 2.45) is 11.7 Å². The Bertz CT molecular complexity index is 495. The van der Waals surface area contributed by atoms with Crippen molar-refractivity contribution in [2.75, 3.05) is 18.0 Å². The Morgan fingerprint density at radius 2 is 2.10 bits per heavy atom. The van der Waals surface area contributed by atoms with Crippen LogP contribution in [0.4, 0.5) is 5.69 Å². The van der Waals surface area contributed by atoms with Gasteiger partial charge in [-0.05, 0) is 50.4 Å². The van der Waals surface area contributed by atoms with Crippen molar-refractivity contribution < 1.29 is 0 Å². The minimum atomic E-state index is 0.500. The van der Waals surface area contributed by atoms with E-state index in [1.54, 1.807) is 0 Å². The monoisotopic (exact) mass is 335 g/mol. The lowest BCUT2D eigenvalue weighted by Gasteiger charge is -2.40. The smallest absolute Gasteiger partial charge is 0.0992 e. The molecular weight excluding hydrogens is 314 g/mol. The fraction of sp³-hybridized carbons (Fsp3) is 0.562. The fourth-order valence-electron chi connectivity index (χ4n) is 3.29. The molecule has 0 bridgehead atoms. The predicted octanol–water partition coefficient (Wildman–Crippen LogP) is 3.66. The number of halogens is 1. The fourth-order valence-corrected chi connectivity index (χ4v) is 3.77. The van der Waals surface area contributed by atoms with Crippen LogP contribution in [-0.2, 0) is 0 Å². The van der Waals surface area contributed by atoms with Gasteiger partial charge in [0.25, 0.3) is 0 Å². The highest BCUT2D eigenvalue weighted by molar-refractivity contribution is 9.10. The highest BCUT2D eigenvalue weighted by Crippen LogP contribution is 2.32. The molecular formula is C16H22BrN3. The first-order valence-electron chi connectivity index (χ1n) is 7.37. The van der Waals surface area contributed by atoms with Crippen LogP contribution in [0.2, 0.25) is 0 Å². The number of anilines is 1. The van der Waals surface area contributed by atoms with Crippen molar-refractivity contribution in [1.29, 1.82) is 5.26 Å². The number of nitriles is 1. The van der Waals surface area contributed by atoms with E-state index >= 15 is 0 Å². The van der Waals surface area contributed by atoms with E-state index in [0.29, 0.717) is 17.5 Å². The summed E-state index contributed by atoms with van der Waals surface area (Å²) in [5.41, 5.74) is 7.79. The average molecular weight is 336 g/mol. The van der Waals surface area contributed by atoms with E-state index in [-0.39, 0.29) is 0 Å². The number of benzene rings is 1. The first-order valence-corrected chi connectivity index (χ1v) is 8.16. The molecule has 20 heavy (non-hydrogen) atoms. The van der Waals surface area contributed by atoms with Gasteiger partial charge in [0.2, 0.25) is 0 Å². The van der Waals surface area contributed by atoms with Crippen molar-refractivity contribution in [3.8, 4) is 6.07 Å². The zero-order chi connectivity index (χ0) is 14.5. The third kappa shape index (κ3) is 3.34. The van der Waals surface area contributed by atoms with Crippen LogP contribution in [-0.4, -0.2) is 19.1 Å². The van der Waals surface area contributed by atoms with Gasteiger partial charge in [0, 0.05) is 22.7 Å². The van der Waals surface area contributed by atoms with Crippen molar-refractivity contribution in [1.82, 2.24) is 0 Å². The van der Waals surface area contributed by atoms with Gasteiger partial charge in [-0.1, -0.05) is 28.8 Å². The number of rotatable bonds is 4. The molecule has 1 saturated carbocycles. The molecule has 4 heteroatoms. The van der Waals surface area contributed by atoms with E-state index in [4.69, 9.17) is 11.0 Å². The first kappa shape index (κ1) is 15.3. The second-order valence-electron chi connectivity index (χ2n) is 5.44. The van der Waals surface area contributed by atoms with Crippen LogP contribution in [0, 0.1) is 17.2 Å². The molecule has 1 fully saturated rings. The molecule has 1 aliphatic carbocycles. The molecule has 0 aliphatic heterocycles. The third-order valence-electron chi connectivity index (χ3n) is 4.26. The summed E-state index contributed by atoms with van der Waals surface area (Å²) in [6, 6.07) is 8.68. The lowest BCUT2D eigenvalue weighted by molar-refractivity contribution is 0.300. The van der Waals surface area contributed by atoms with E-state index in [2.05, 4.69) is 39.9 Å². The summed E-state index contributed by atoms with van der Waals surface area (Å²) in [5.74, 6) is 0.563. The average Bonchev–Trinajstić information content (AvgIpc) is 2.48. The molecule has 0 aromatic heterocycles. The van der Waals surface area contributed by atoms with Crippen LogP contribution in [0.3, 0.4) is 0 Å². The molecule has 2 atom stereocenters. The molecule has 3 nitrogen and oxygen atoms in total. The summed E-state index contributed by atoms with van der Waals surface area (Å²) >= 11 is 3.51. The SMILES string of the molecule is CCN(c1cc(Br)cc(C#N)c1)C1CCCCC1CN. The molecule has 1 aromatic rings. The lowest BCUT2D eigenvalue weighted by Crippen LogP contribution is -2.45. The maximum atomic E-state index is 9.14. The highest BCUT2D eigenvalue weighted by atomic mass is 79.9. The largest absolute Gasteiger partial charge is 0.368 e. The predicted molar refractivity (Wildman–Crippen MR) is 86.7 cm³/mol. The summed E-state index contributed by atoms with van der Waals surface area (Å²) in [6.07, 6.45) is 4.98. The Kier molecular flexibility index (Phi) is 5.45. The Balaban J connectivity index is 2.31. The lowest BCUT2D eigenvalue weighted by atomic mass is 9.83. The van der Waals surface area contributed by atoms with Gasteiger partial charge in [-0.3, -0.25) is 0 Å². The van der Waals surface area contributed by atoms with Crippen LogP contribution in [0.1, 0.15) is 38.2 Å². The highest BCUT2D eigenvalue weighted by Gasteiger charge is 2.28. The molecule has 108 valence electrons. The Morgan fingerprint density at radius 1 is 1.35 bits per heavy atom. The van der Waals surface area contributed by atoms with Crippen molar-refractivity contribution >= 4 is 21.6 Å². The number of hydrogen-bond acceptors (Lipinski definition) is 3. The molecule has 0 saturated heterocycles. The molecule has 2 unspecified atom stereocenters. The standard InChI is InChI=1S/C16H22BrN3/c1-2-20(16-6-4-3-5-13(16)11-19)15-8-12(10-18)7-14(17)9-15/h7-9,13,16H,2-6,11,19H2,1H3. The van der Waals surface area contributed by atoms with Gasteiger partial charge in [0.05, 0.1) is 11.6 Å². The summed E-state index contributed by atoms with van der Waals surface area (Å²) in [4.78, 5) is 2.42. The van der Waals surface area contributed by atoms with Gasteiger partial charge in [-0.15, -0.1) is 0 Å². The van der Waals surface area contributed by atoms with E-state index < -0.39 is 0 Å². The zero-order valence-electron chi connectivity index (χ0n) is 12.0. The maximum absolute atomic E-state index is 9.14. The normalized spacial score (nSPS) is 22.3. The van der Waals surface area contributed by atoms with Crippen molar-refractivity contribution in [3.05, 3.63) is 28.2 Å². The number of nitrogens with two attached hydrogens (primary N) is 1. The summed E-state index contributed by atoms with van der Waals surface area (Å²) in [7, 11) is 0. The van der Waals surface area contributed by atoms with Crippen LogP contribution >= 0.6 is 15.9 Å². The second-order valence-corrected chi connectivity index (χ2v) is 6.36. The Hall–Kier alpha value is -1.05. The van der Waals surface area contributed by atoms with E-state index in [1.165, 1.54) is 25.7 Å². The molecule has 0 spiro atoms. The Labute approximate surface area is 129 Å². The molecule has 0 radical (unpaired) electrons. The van der Waals surface area contributed by atoms with Gasteiger partial charge in [-0.2, -0.15) is 5.26 Å². The molecule has 1 aliphatic rings. The van der Waals surface area contributed by atoms with Gasteiger partial charge >= 0.3 is 0 Å². The van der Waals surface area contributed by atoms with Crippen molar-refractivity contribution in [3.63, 3.8) is 0 Å². The minimum Gasteiger partial charge on any atom is -0.368 e. The van der Waals surface area contributed by atoms with Crippen LogP contribution < -0.4 is 10.6 Å². The Morgan fingerprint density at radius 3 is 2.75 bits per heavy atom. The minimum absolute atomic E-state index is 0.500. The molecule has 1 aromatic carbocycles. The summed E-state index contributed by atoms with van der Waals surface area (Å²) in [5, 5.41) is 9.14. The van der Waals surface area contributed by atoms with Gasteiger partial charge in [0.1, 0.15) is 0 Å². The third-order valence-corrected chi connectivity index (χ3v) is 4.71. The number of nitrogens with zero attached hydrogens (tertiary/aromatic N) is 2. The van der Waals surface area contributed by atoms with E-state index in [1.807, 2.05) is 12.1 Å². The van der Waals surface area contributed by atoms with Crippen LogP contribution in [0.25, 0.3) is 0 Å². The van der Waals surface area contributed by atoms with Crippen LogP contribution in [0.5, 0.6) is 0 Å². The van der Waals surface area contributed by atoms with Crippen LogP contribution in [0.15, 0.2) is 22.7 Å². The van der Waals surface area contributed by atoms with Crippen molar-refractivity contribution in [2.45, 2.75) is 38.6 Å². The summed E-state index contributed by atoms with van der Waals surface area (Å²) < 4.78 is 0.963.